The number of carbonyl (C=O) groups is 2. The molecule has 138 valence electrons. The third kappa shape index (κ3) is 4.75. The molecule has 0 aliphatic carbocycles. The Labute approximate surface area is 165 Å². The van der Waals surface area contributed by atoms with Crippen molar-refractivity contribution in [2.24, 2.45) is 0 Å². The van der Waals surface area contributed by atoms with Gasteiger partial charge in [-0.2, -0.15) is 0 Å². The molecule has 0 bridgehead atoms. The molecule has 0 spiro atoms. The minimum atomic E-state index is -0.934. The van der Waals surface area contributed by atoms with Crippen LogP contribution in [0.5, 0.6) is 0 Å². The summed E-state index contributed by atoms with van der Waals surface area (Å²) in [5.74, 6) is -0.939. The van der Waals surface area contributed by atoms with Crippen molar-refractivity contribution in [1.29, 1.82) is 0 Å². The Morgan fingerprint density at radius 1 is 1.11 bits per heavy atom. The first-order chi connectivity index (χ1) is 13.1. The van der Waals surface area contributed by atoms with Crippen LogP contribution in [0.2, 0.25) is 0 Å². The highest BCUT2D eigenvalue weighted by atomic mass is 32.2. The number of hydrogen-bond acceptors (Lipinski definition) is 6. The van der Waals surface area contributed by atoms with Crippen LogP contribution in [0.1, 0.15) is 17.3 Å². The fraction of sp³-hybridized carbons (Fsp3) is 0.150. The van der Waals surface area contributed by atoms with Gasteiger partial charge < -0.3 is 4.74 Å². The Morgan fingerprint density at radius 3 is 2.56 bits per heavy atom. The molecule has 7 heteroatoms. The van der Waals surface area contributed by atoms with Gasteiger partial charge in [0, 0.05) is 15.8 Å². The second-order valence-corrected chi connectivity index (χ2v) is 7.35. The predicted octanol–water partition coefficient (Wildman–Crippen LogP) is 4.72. The number of rotatable bonds is 6. The van der Waals surface area contributed by atoms with Crippen LogP contribution in [0.15, 0.2) is 64.9 Å². The van der Waals surface area contributed by atoms with Crippen molar-refractivity contribution in [2.45, 2.75) is 17.9 Å². The van der Waals surface area contributed by atoms with E-state index in [4.69, 9.17) is 4.74 Å². The zero-order chi connectivity index (χ0) is 19.2. The summed E-state index contributed by atoms with van der Waals surface area (Å²) in [7, 11) is 0. The molecule has 1 N–H and O–H groups in total. The number of aromatic nitrogens is 1. The molecule has 1 unspecified atom stereocenters. The summed E-state index contributed by atoms with van der Waals surface area (Å²) in [6.07, 6.45) is 0.950. The number of nitrogens with one attached hydrogen (secondary N) is 1. The fourth-order valence-corrected chi connectivity index (χ4v) is 3.68. The number of hydrogen-bond donors (Lipinski definition) is 1. The van der Waals surface area contributed by atoms with Crippen LogP contribution in [-0.4, -0.2) is 29.2 Å². The summed E-state index contributed by atoms with van der Waals surface area (Å²) < 4.78 is 5.32. The first-order valence-corrected chi connectivity index (χ1v) is 10.3. The molecule has 2 aromatic carbocycles. The summed E-state index contributed by atoms with van der Waals surface area (Å²) in [5, 5.41) is 5.04. The van der Waals surface area contributed by atoms with Gasteiger partial charge in [0.15, 0.2) is 11.2 Å². The van der Waals surface area contributed by atoms with Crippen LogP contribution in [-0.2, 0) is 9.53 Å². The summed E-state index contributed by atoms with van der Waals surface area (Å²) >= 11 is 2.78. The molecule has 1 aromatic heterocycles. The minimum Gasteiger partial charge on any atom is -0.449 e. The monoisotopic (exact) mass is 398 g/mol. The highest BCUT2D eigenvalue weighted by Gasteiger charge is 2.21. The van der Waals surface area contributed by atoms with Gasteiger partial charge in [0.1, 0.15) is 0 Å². The van der Waals surface area contributed by atoms with Gasteiger partial charge in [-0.25, -0.2) is 9.78 Å². The van der Waals surface area contributed by atoms with Gasteiger partial charge in [0.2, 0.25) is 0 Å². The number of nitrogens with zero attached hydrogens (tertiary/aromatic N) is 1. The standard InChI is InChI=1S/C20H18N2O3S2/c1-13(25-19(24)15-10-6-7-11-17(15)26-2)18(23)22-20-21-16(12-27-20)14-8-4-3-5-9-14/h3-13H,1-2H3,(H,21,22,23). The lowest BCUT2D eigenvalue weighted by Crippen LogP contribution is -2.30. The maximum Gasteiger partial charge on any atom is 0.340 e. The minimum absolute atomic E-state index is 0.418. The molecule has 0 aliphatic rings. The second-order valence-electron chi connectivity index (χ2n) is 5.64. The van der Waals surface area contributed by atoms with E-state index in [1.807, 2.05) is 54.1 Å². The van der Waals surface area contributed by atoms with E-state index in [9.17, 15) is 9.59 Å². The quantitative estimate of drug-likeness (QED) is 0.481. The first kappa shape index (κ1) is 19.1. The fourth-order valence-electron chi connectivity index (χ4n) is 2.37. The van der Waals surface area contributed by atoms with Crippen LogP contribution in [0.3, 0.4) is 0 Å². The molecule has 0 saturated heterocycles. The lowest BCUT2D eigenvalue weighted by atomic mass is 10.2. The van der Waals surface area contributed by atoms with E-state index in [-0.39, 0.29) is 0 Å². The van der Waals surface area contributed by atoms with E-state index in [0.29, 0.717) is 10.7 Å². The molecule has 0 radical (unpaired) electrons. The van der Waals surface area contributed by atoms with Crippen LogP contribution in [0.25, 0.3) is 11.3 Å². The lowest BCUT2D eigenvalue weighted by molar-refractivity contribution is -0.123. The van der Waals surface area contributed by atoms with Crippen LogP contribution < -0.4 is 5.32 Å². The molecule has 3 rings (SSSR count). The average molecular weight is 399 g/mol. The Kier molecular flexibility index (Phi) is 6.26. The van der Waals surface area contributed by atoms with Crippen molar-refractivity contribution >= 4 is 40.1 Å². The zero-order valence-electron chi connectivity index (χ0n) is 14.8. The SMILES string of the molecule is CSc1ccccc1C(=O)OC(C)C(=O)Nc1nc(-c2ccccc2)cs1. The lowest BCUT2D eigenvalue weighted by Gasteiger charge is -2.13. The van der Waals surface area contributed by atoms with E-state index in [1.54, 1.807) is 19.1 Å². The van der Waals surface area contributed by atoms with Gasteiger partial charge >= 0.3 is 5.97 Å². The van der Waals surface area contributed by atoms with E-state index < -0.39 is 18.0 Å². The average Bonchev–Trinajstić information content (AvgIpc) is 3.17. The van der Waals surface area contributed by atoms with Gasteiger partial charge in [-0.3, -0.25) is 10.1 Å². The Morgan fingerprint density at radius 2 is 1.81 bits per heavy atom. The topological polar surface area (TPSA) is 68.3 Å². The summed E-state index contributed by atoms with van der Waals surface area (Å²) in [4.78, 5) is 29.9. The number of thiazole rings is 1. The van der Waals surface area contributed by atoms with Gasteiger partial charge in [-0.1, -0.05) is 42.5 Å². The predicted molar refractivity (Wildman–Crippen MR) is 109 cm³/mol. The van der Waals surface area contributed by atoms with E-state index >= 15 is 0 Å². The number of thioether (sulfide) groups is 1. The van der Waals surface area contributed by atoms with Crippen molar-refractivity contribution < 1.29 is 14.3 Å². The highest BCUT2D eigenvalue weighted by molar-refractivity contribution is 7.98. The maximum absolute atomic E-state index is 12.4. The van der Waals surface area contributed by atoms with Gasteiger partial charge in [-0.05, 0) is 25.3 Å². The number of anilines is 1. The Balaban J connectivity index is 1.63. The highest BCUT2D eigenvalue weighted by Crippen LogP contribution is 2.25. The van der Waals surface area contributed by atoms with E-state index in [0.717, 1.165) is 16.2 Å². The molecular formula is C20H18N2O3S2. The smallest absolute Gasteiger partial charge is 0.340 e. The third-order valence-corrected chi connectivity index (χ3v) is 5.34. The normalized spacial score (nSPS) is 11.6. The summed E-state index contributed by atoms with van der Waals surface area (Å²) in [6.45, 7) is 1.54. The number of esters is 1. The molecule has 0 fully saturated rings. The molecule has 1 amide bonds. The molecule has 0 aliphatic heterocycles. The Bertz CT molecular complexity index is 941. The van der Waals surface area contributed by atoms with Crippen molar-refractivity contribution in [2.75, 3.05) is 11.6 Å². The number of benzene rings is 2. The number of ether oxygens (including phenoxy) is 1. The molecule has 1 heterocycles. The number of amides is 1. The molecular weight excluding hydrogens is 380 g/mol. The largest absolute Gasteiger partial charge is 0.449 e. The summed E-state index contributed by atoms with van der Waals surface area (Å²) in [5.41, 5.74) is 2.21. The zero-order valence-corrected chi connectivity index (χ0v) is 16.5. The van der Waals surface area contributed by atoms with Crippen LogP contribution in [0.4, 0.5) is 5.13 Å². The molecule has 27 heavy (non-hydrogen) atoms. The van der Waals surface area contributed by atoms with Gasteiger partial charge in [0.05, 0.1) is 11.3 Å². The van der Waals surface area contributed by atoms with Crippen molar-refractivity contribution in [3.05, 3.63) is 65.5 Å². The molecule has 3 aromatic rings. The number of carbonyl (C=O) groups excluding carboxylic acids is 2. The molecule has 0 saturated carbocycles. The van der Waals surface area contributed by atoms with Crippen LogP contribution in [0, 0.1) is 0 Å². The van der Waals surface area contributed by atoms with Gasteiger partial charge in [-0.15, -0.1) is 23.1 Å². The molecule has 5 nitrogen and oxygen atoms in total. The first-order valence-electron chi connectivity index (χ1n) is 8.24. The maximum atomic E-state index is 12.4. The van der Waals surface area contributed by atoms with E-state index in [2.05, 4.69) is 10.3 Å². The van der Waals surface area contributed by atoms with Crippen LogP contribution >= 0.6 is 23.1 Å². The second kappa shape index (κ2) is 8.83. The summed E-state index contributed by atoms with van der Waals surface area (Å²) in [6, 6.07) is 16.8. The van der Waals surface area contributed by atoms with Crippen molar-refractivity contribution in [3.8, 4) is 11.3 Å². The third-order valence-electron chi connectivity index (χ3n) is 3.78. The van der Waals surface area contributed by atoms with Crippen molar-refractivity contribution in [3.63, 3.8) is 0 Å². The molecule has 1 atom stereocenters. The van der Waals surface area contributed by atoms with Gasteiger partial charge in [0.25, 0.3) is 5.91 Å². The van der Waals surface area contributed by atoms with E-state index in [1.165, 1.54) is 23.1 Å². The van der Waals surface area contributed by atoms with Crippen molar-refractivity contribution in [1.82, 2.24) is 4.98 Å². The Hall–Kier alpha value is -2.64.